The molecule has 1 aliphatic rings. The van der Waals surface area contributed by atoms with Crippen LogP contribution >= 0.6 is 0 Å². The van der Waals surface area contributed by atoms with E-state index in [2.05, 4.69) is 17.4 Å². The van der Waals surface area contributed by atoms with E-state index in [1.165, 1.54) is 36.1 Å². The highest BCUT2D eigenvalue weighted by atomic mass is 19.1. The Kier molecular flexibility index (Phi) is 5.37. The van der Waals surface area contributed by atoms with E-state index in [-0.39, 0.29) is 17.8 Å². The third-order valence-corrected chi connectivity index (χ3v) is 4.73. The molecule has 132 valence electrons. The Morgan fingerprint density at radius 1 is 1.04 bits per heavy atom. The van der Waals surface area contributed by atoms with Gasteiger partial charge in [-0.3, -0.25) is 4.79 Å². The summed E-state index contributed by atoms with van der Waals surface area (Å²) in [7, 11) is 0. The van der Waals surface area contributed by atoms with Gasteiger partial charge in [-0.2, -0.15) is 0 Å². The van der Waals surface area contributed by atoms with Gasteiger partial charge in [0, 0.05) is 0 Å². The van der Waals surface area contributed by atoms with Gasteiger partial charge in [0.1, 0.15) is 11.6 Å². The topological polar surface area (TPSA) is 38.3 Å². The van der Waals surface area contributed by atoms with Crippen LogP contribution < -0.4 is 10.1 Å². The summed E-state index contributed by atoms with van der Waals surface area (Å²) in [6.45, 7) is 3.61. The summed E-state index contributed by atoms with van der Waals surface area (Å²) in [5.74, 6) is 0.263. The number of nitrogens with one attached hydrogen (secondary N) is 1. The number of ether oxygens (including phenoxy) is 1. The highest BCUT2D eigenvalue weighted by Crippen LogP contribution is 2.26. The molecule has 1 aliphatic carbocycles. The lowest BCUT2D eigenvalue weighted by molar-refractivity contribution is -0.127. The number of benzene rings is 2. The first kappa shape index (κ1) is 17.5. The molecule has 0 aliphatic heterocycles. The Hall–Kier alpha value is -2.36. The third kappa shape index (κ3) is 4.38. The van der Waals surface area contributed by atoms with Crippen molar-refractivity contribution < 1.29 is 13.9 Å². The van der Waals surface area contributed by atoms with Gasteiger partial charge in [0.25, 0.3) is 5.91 Å². The molecule has 1 N–H and O–H groups in total. The molecule has 3 nitrogen and oxygen atoms in total. The number of amides is 1. The van der Waals surface area contributed by atoms with Crippen molar-refractivity contribution in [2.45, 2.75) is 51.7 Å². The fourth-order valence-corrected chi connectivity index (χ4v) is 3.21. The van der Waals surface area contributed by atoms with Gasteiger partial charge in [0.05, 0.1) is 6.04 Å². The molecular weight excluding hydrogens is 317 g/mol. The number of halogens is 1. The van der Waals surface area contributed by atoms with Crippen molar-refractivity contribution in [3.8, 4) is 5.75 Å². The van der Waals surface area contributed by atoms with Gasteiger partial charge in [-0.15, -0.1) is 0 Å². The minimum absolute atomic E-state index is 0.186. The van der Waals surface area contributed by atoms with Crippen molar-refractivity contribution in [1.82, 2.24) is 5.32 Å². The number of carbonyl (C=O) groups excluding carboxylic acids is 1. The molecule has 0 bridgehead atoms. The summed E-state index contributed by atoms with van der Waals surface area (Å²) in [5, 5.41) is 2.91. The molecule has 2 atom stereocenters. The van der Waals surface area contributed by atoms with Crippen LogP contribution in [0.3, 0.4) is 0 Å². The number of hydrogen-bond acceptors (Lipinski definition) is 2. The van der Waals surface area contributed by atoms with Gasteiger partial charge < -0.3 is 10.1 Å². The molecule has 0 saturated carbocycles. The third-order valence-electron chi connectivity index (χ3n) is 4.73. The predicted molar refractivity (Wildman–Crippen MR) is 96.1 cm³/mol. The quantitative estimate of drug-likeness (QED) is 0.878. The van der Waals surface area contributed by atoms with E-state index in [1.54, 1.807) is 19.1 Å². The first-order valence-corrected chi connectivity index (χ1v) is 8.87. The van der Waals surface area contributed by atoms with Gasteiger partial charge in [-0.25, -0.2) is 4.39 Å². The number of carbonyl (C=O) groups is 1. The second-order valence-corrected chi connectivity index (χ2v) is 6.68. The molecule has 0 aromatic heterocycles. The molecule has 0 saturated heterocycles. The van der Waals surface area contributed by atoms with Gasteiger partial charge in [0.15, 0.2) is 6.10 Å². The smallest absolute Gasteiger partial charge is 0.261 e. The van der Waals surface area contributed by atoms with Crippen LogP contribution in [0.15, 0.2) is 42.5 Å². The Balaban J connectivity index is 1.59. The van der Waals surface area contributed by atoms with E-state index in [0.29, 0.717) is 0 Å². The SMILES string of the molecule is C[C@@H](Oc1ccc2c(c1)CCCC2)C(=O)N[C@H](C)c1ccc(F)cc1. The Bertz CT molecular complexity index is 742. The first-order chi connectivity index (χ1) is 12.0. The van der Waals surface area contributed by atoms with E-state index < -0.39 is 6.10 Å². The highest BCUT2D eigenvalue weighted by Gasteiger charge is 2.19. The van der Waals surface area contributed by atoms with E-state index in [9.17, 15) is 9.18 Å². The zero-order chi connectivity index (χ0) is 17.8. The number of aryl methyl sites for hydroxylation is 2. The van der Waals surface area contributed by atoms with Crippen LogP contribution in [-0.2, 0) is 17.6 Å². The van der Waals surface area contributed by atoms with E-state index in [0.717, 1.165) is 24.2 Å². The first-order valence-electron chi connectivity index (χ1n) is 8.87. The van der Waals surface area contributed by atoms with Crippen LogP contribution in [0.25, 0.3) is 0 Å². The Morgan fingerprint density at radius 3 is 2.44 bits per heavy atom. The maximum absolute atomic E-state index is 13.0. The van der Waals surface area contributed by atoms with Crippen molar-refractivity contribution in [3.63, 3.8) is 0 Å². The minimum Gasteiger partial charge on any atom is -0.481 e. The monoisotopic (exact) mass is 341 g/mol. The molecule has 0 radical (unpaired) electrons. The van der Waals surface area contributed by atoms with Crippen molar-refractivity contribution in [2.75, 3.05) is 0 Å². The molecule has 3 rings (SSSR count). The number of hydrogen-bond donors (Lipinski definition) is 1. The van der Waals surface area contributed by atoms with Crippen molar-refractivity contribution in [2.24, 2.45) is 0 Å². The molecular formula is C21H24FNO2. The standard InChI is InChI=1S/C21H24FNO2/c1-14(16-7-10-19(22)11-8-16)23-21(24)15(2)25-20-12-9-17-5-3-4-6-18(17)13-20/h7-15H,3-6H2,1-2H3,(H,23,24)/t14-,15-/m1/s1. The average molecular weight is 341 g/mol. The van der Waals surface area contributed by atoms with Crippen molar-refractivity contribution >= 4 is 5.91 Å². The lowest BCUT2D eigenvalue weighted by atomic mass is 9.92. The average Bonchev–Trinajstić information content (AvgIpc) is 2.62. The summed E-state index contributed by atoms with van der Waals surface area (Å²) in [5.41, 5.74) is 3.58. The van der Waals surface area contributed by atoms with Gasteiger partial charge >= 0.3 is 0 Å². The van der Waals surface area contributed by atoms with Crippen LogP contribution in [0, 0.1) is 5.82 Å². The number of fused-ring (bicyclic) bond motifs is 1. The van der Waals surface area contributed by atoms with E-state index in [4.69, 9.17) is 4.74 Å². The lowest BCUT2D eigenvalue weighted by Gasteiger charge is -2.21. The van der Waals surface area contributed by atoms with Crippen LogP contribution in [0.2, 0.25) is 0 Å². The summed E-state index contributed by atoms with van der Waals surface area (Å²) >= 11 is 0. The predicted octanol–water partition coefficient (Wildman–Crippen LogP) is 4.35. The van der Waals surface area contributed by atoms with Crippen molar-refractivity contribution in [3.05, 3.63) is 65.0 Å². The summed E-state index contributed by atoms with van der Waals surface area (Å²) in [6, 6.07) is 12.0. The fourth-order valence-electron chi connectivity index (χ4n) is 3.21. The van der Waals surface area contributed by atoms with Gasteiger partial charge in [0.2, 0.25) is 0 Å². The number of rotatable bonds is 5. The summed E-state index contributed by atoms with van der Waals surface area (Å²) < 4.78 is 18.8. The molecule has 4 heteroatoms. The maximum Gasteiger partial charge on any atom is 0.261 e. The molecule has 0 fully saturated rings. The molecule has 0 spiro atoms. The summed E-state index contributed by atoms with van der Waals surface area (Å²) in [4.78, 5) is 12.4. The molecule has 0 unspecified atom stereocenters. The van der Waals surface area contributed by atoms with Crippen LogP contribution in [0.4, 0.5) is 4.39 Å². The van der Waals surface area contributed by atoms with E-state index >= 15 is 0 Å². The van der Waals surface area contributed by atoms with Gasteiger partial charge in [-0.05, 0) is 80.5 Å². The van der Waals surface area contributed by atoms with Crippen LogP contribution in [0.1, 0.15) is 49.4 Å². The normalized spacial score (nSPS) is 15.8. The fraction of sp³-hybridized carbons (Fsp3) is 0.381. The van der Waals surface area contributed by atoms with Gasteiger partial charge in [-0.1, -0.05) is 18.2 Å². The zero-order valence-corrected chi connectivity index (χ0v) is 14.7. The Labute approximate surface area is 148 Å². The summed E-state index contributed by atoms with van der Waals surface area (Å²) in [6.07, 6.45) is 4.06. The second-order valence-electron chi connectivity index (χ2n) is 6.68. The molecule has 2 aromatic rings. The molecule has 25 heavy (non-hydrogen) atoms. The van der Waals surface area contributed by atoms with Crippen LogP contribution in [0.5, 0.6) is 5.75 Å². The van der Waals surface area contributed by atoms with Crippen LogP contribution in [-0.4, -0.2) is 12.0 Å². The second kappa shape index (κ2) is 7.68. The van der Waals surface area contributed by atoms with Crippen molar-refractivity contribution in [1.29, 1.82) is 0 Å². The molecule has 2 aromatic carbocycles. The van der Waals surface area contributed by atoms with E-state index in [1.807, 2.05) is 13.0 Å². The Morgan fingerprint density at radius 2 is 1.72 bits per heavy atom. The molecule has 1 amide bonds. The minimum atomic E-state index is -0.593. The largest absolute Gasteiger partial charge is 0.481 e. The lowest BCUT2D eigenvalue weighted by Crippen LogP contribution is -2.37. The highest BCUT2D eigenvalue weighted by molar-refractivity contribution is 5.81. The zero-order valence-electron chi connectivity index (χ0n) is 14.7. The maximum atomic E-state index is 13.0. The molecule has 0 heterocycles.